The van der Waals surface area contributed by atoms with E-state index < -0.39 is 24.5 Å². The predicted molar refractivity (Wildman–Crippen MR) is 54.9 cm³/mol. The smallest absolute Gasteiger partial charge is 0.328 e. The summed E-state index contributed by atoms with van der Waals surface area (Å²) in [6.07, 6.45) is 0. The van der Waals surface area contributed by atoms with E-state index in [4.69, 9.17) is 10.2 Å². The summed E-state index contributed by atoms with van der Waals surface area (Å²) >= 11 is 0. The zero-order chi connectivity index (χ0) is 12.1. The molecular formula is C10H12N2O4. The van der Waals surface area contributed by atoms with Crippen LogP contribution in [0.4, 0.5) is 0 Å². The lowest BCUT2D eigenvalue weighted by molar-refractivity contribution is -0.140. The molecule has 86 valence electrons. The molecule has 0 bridgehead atoms. The topological polar surface area (TPSA) is 99.5 Å². The number of hydrogen-bond donors (Lipinski definition) is 3. The van der Waals surface area contributed by atoms with Crippen LogP contribution in [0.25, 0.3) is 0 Å². The fourth-order valence-electron chi connectivity index (χ4n) is 1.09. The van der Waals surface area contributed by atoms with E-state index in [1.54, 1.807) is 19.1 Å². The number of pyridine rings is 1. The summed E-state index contributed by atoms with van der Waals surface area (Å²) in [6, 6.07) is 3.53. The minimum absolute atomic E-state index is 0.125. The maximum atomic E-state index is 11.5. The number of carbonyl (C=O) groups excluding carboxylic acids is 1. The van der Waals surface area contributed by atoms with E-state index in [1.807, 2.05) is 0 Å². The molecule has 0 spiro atoms. The third kappa shape index (κ3) is 3.03. The lowest BCUT2D eigenvalue weighted by atomic mass is 10.2. The molecule has 0 aliphatic heterocycles. The van der Waals surface area contributed by atoms with Crippen LogP contribution in [0.1, 0.15) is 16.2 Å². The van der Waals surface area contributed by atoms with Gasteiger partial charge >= 0.3 is 5.97 Å². The van der Waals surface area contributed by atoms with Gasteiger partial charge in [-0.3, -0.25) is 4.79 Å². The Bertz CT molecular complexity index is 406. The SMILES string of the molecule is Cc1cccc(C(=O)N[C@H](CO)C(=O)O)n1. The van der Waals surface area contributed by atoms with Gasteiger partial charge in [-0.05, 0) is 19.1 Å². The van der Waals surface area contributed by atoms with Crippen molar-refractivity contribution < 1.29 is 19.8 Å². The van der Waals surface area contributed by atoms with E-state index in [-0.39, 0.29) is 5.69 Å². The van der Waals surface area contributed by atoms with E-state index in [1.165, 1.54) is 6.07 Å². The molecule has 0 unspecified atom stereocenters. The molecule has 1 aromatic rings. The molecular weight excluding hydrogens is 212 g/mol. The average Bonchev–Trinajstić information content (AvgIpc) is 2.25. The lowest BCUT2D eigenvalue weighted by Gasteiger charge is -2.11. The number of aryl methyl sites for hydroxylation is 1. The Hall–Kier alpha value is -1.95. The van der Waals surface area contributed by atoms with Gasteiger partial charge in [-0.1, -0.05) is 6.07 Å². The number of nitrogens with one attached hydrogen (secondary N) is 1. The molecule has 0 aromatic carbocycles. The van der Waals surface area contributed by atoms with Gasteiger partial charge in [0, 0.05) is 5.69 Å². The van der Waals surface area contributed by atoms with E-state index in [0.29, 0.717) is 5.69 Å². The van der Waals surface area contributed by atoms with Crippen LogP contribution in [0.2, 0.25) is 0 Å². The summed E-state index contributed by atoms with van der Waals surface area (Å²) in [4.78, 5) is 26.0. The Morgan fingerprint density at radius 1 is 1.50 bits per heavy atom. The molecule has 1 amide bonds. The molecule has 6 heteroatoms. The molecule has 0 saturated heterocycles. The molecule has 0 radical (unpaired) electrons. The molecule has 1 atom stereocenters. The van der Waals surface area contributed by atoms with Crippen molar-refractivity contribution in [2.75, 3.05) is 6.61 Å². The molecule has 1 rings (SSSR count). The zero-order valence-corrected chi connectivity index (χ0v) is 8.67. The molecule has 3 N–H and O–H groups in total. The van der Waals surface area contributed by atoms with Crippen LogP contribution >= 0.6 is 0 Å². The van der Waals surface area contributed by atoms with Crippen LogP contribution in [0.5, 0.6) is 0 Å². The fourth-order valence-corrected chi connectivity index (χ4v) is 1.09. The van der Waals surface area contributed by atoms with Crippen molar-refractivity contribution in [2.24, 2.45) is 0 Å². The van der Waals surface area contributed by atoms with Gasteiger partial charge in [-0.25, -0.2) is 9.78 Å². The van der Waals surface area contributed by atoms with Crippen molar-refractivity contribution in [1.82, 2.24) is 10.3 Å². The number of rotatable bonds is 4. The number of carboxylic acids is 1. The third-order valence-corrected chi connectivity index (χ3v) is 1.91. The minimum Gasteiger partial charge on any atom is -0.480 e. The first-order valence-electron chi connectivity index (χ1n) is 4.62. The highest BCUT2D eigenvalue weighted by Gasteiger charge is 2.19. The zero-order valence-electron chi connectivity index (χ0n) is 8.67. The molecule has 16 heavy (non-hydrogen) atoms. The van der Waals surface area contributed by atoms with Crippen LogP contribution < -0.4 is 5.32 Å². The van der Waals surface area contributed by atoms with Gasteiger partial charge in [0.1, 0.15) is 5.69 Å². The van der Waals surface area contributed by atoms with Crippen molar-refractivity contribution in [3.05, 3.63) is 29.6 Å². The number of nitrogens with zero attached hydrogens (tertiary/aromatic N) is 1. The van der Waals surface area contributed by atoms with E-state index >= 15 is 0 Å². The molecule has 0 aliphatic rings. The summed E-state index contributed by atoms with van der Waals surface area (Å²) in [5, 5.41) is 19.5. The highest BCUT2D eigenvalue weighted by Crippen LogP contribution is 1.98. The molecule has 6 nitrogen and oxygen atoms in total. The predicted octanol–water partition coefficient (Wildman–Crippen LogP) is -0.435. The second kappa shape index (κ2) is 5.22. The molecule has 1 heterocycles. The normalized spacial score (nSPS) is 11.9. The van der Waals surface area contributed by atoms with Gasteiger partial charge in [-0.15, -0.1) is 0 Å². The largest absolute Gasteiger partial charge is 0.480 e. The van der Waals surface area contributed by atoms with E-state index in [2.05, 4.69) is 10.3 Å². The van der Waals surface area contributed by atoms with Crippen LogP contribution in [-0.4, -0.2) is 39.7 Å². The lowest BCUT2D eigenvalue weighted by Crippen LogP contribution is -2.43. The molecule has 0 fully saturated rings. The number of aliphatic hydroxyl groups is 1. The highest BCUT2D eigenvalue weighted by atomic mass is 16.4. The van der Waals surface area contributed by atoms with E-state index in [9.17, 15) is 9.59 Å². The van der Waals surface area contributed by atoms with Crippen molar-refractivity contribution >= 4 is 11.9 Å². The second-order valence-electron chi connectivity index (χ2n) is 3.21. The maximum absolute atomic E-state index is 11.5. The van der Waals surface area contributed by atoms with Crippen molar-refractivity contribution in [3.63, 3.8) is 0 Å². The molecule has 0 aliphatic carbocycles. The van der Waals surface area contributed by atoms with Gasteiger partial charge in [0.05, 0.1) is 6.61 Å². The first-order chi connectivity index (χ1) is 7.54. The Morgan fingerprint density at radius 2 is 2.19 bits per heavy atom. The van der Waals surface area contributed by atoms with Gasteiger partial charge in [0.15, 0.2) is 6.04 Å². The highest BCUT2D eigenvalue weighted by molar-refractivity contribution is 5.94. The number of aromatic nitrogens is 1. The number of hydrogen-bond acceptors (Lipinski definition) is 4. The number of carboxylic acid groups (broad SMARTS) is 1. The molecule has 1 aromatic heterocycles. The van der Waals surface area contributed by atoms with Gasteiger partial charge < -0.3 is 15.5 Å². The Kier molecular flexibility index (Phi) is 3.96. The number of aliphatic hydroxyl groups excluding tert-OH is 1. The van der Waals surface area contributed by atoms with Crippen molar-refractivity contribution in [3.8, 4) is 0 Å². The Balaban J connectivity index is 2.75. The van der Waals surface area contributed by atoms with Crippen LogP contribution in [0, 0.1) is 6.92 Å². The van der Waals surface area contributed by atoms with Gasteiger partial charge in [0.2, 0.25) is 0 Å². The molecule has 0 saturated carbocycles. The number of amides is 1. The third-order valence-electron chi connectivity index (χ3n) is 1.91. The first kappa shape index (κ1) is 12.1. The fraction of sp³-hybridized carbons (Fsp3) is 0.300. The van der Waals surface area contributed by atoms with Gasteiger partial charge in [-0.2, -0.15) is 0 Å². The van der Waals surface area contributed by atoms with Crippen LogP contribution in [0.15, 0.2) is 18.2 Å². The van der Waals surface area contributed by atoms with Crippen molar-refractivity contribution in [1.29, 1.82) is 0 Å². The van der Waals surface area contributed by atoms with Crippen LogP contribution in [0.3, 0.4) is 0 Å². The number of aliphatic carboxylic acids is 1. The van der Waals surface area contributed by atoms with Crippen LogP contribution in [-0.2, 0) is 4.79 Å². The average molecular weight is 224 g/mol. The number of carbonyl (C=O) groups is 2. The van der Waals surface area contributed by atoms with Gasteiger partial charge in [0.25, 0.3) is 5.91 Å². The van der Waals surface area contributed by atoms with E-state index in [0.717, 1.165) is 0 Å². The summed E-state index contributed by atoms with van der Waals surface area (Å²) in [5.74, 6) is -1.91. The summed E-state index contributed by atoms with van der Waals surface area (Å²) < 4.78 is 0. The summed E-state index contributed by atoms with van der Waals surface area (Å²) in [6.45, 7) is 1.06. The second-order valence-corrected chi connectivity index (χ2v) is 3.21. The Labute approximate surface area is 91.9 Å². The maximum Gasteiger partial charge on any atom is 0.328 e. The van der Waals surface area contributed by atoms with Crippen molar-refractivity contribution in [2.45, 2.75) is 13.0 Å². The first-order valence-corrected chi connectivity index (χ1v) is 4.62. The quantitative estimate of drug-likeness (QED) is 0.644. The standard InChI is InChI=1S/C10H12N2O4/c1-6-3-2-4-7(11-6)9(14)12-8(5-13)10(15)16/h2-4,8,13H,5H2,1H3,(H,12,14)(H,15,16)/t8-/m1/s1. The monoisotopic (exact) mass is 224 g/mol. The summed E-state index contributed by atoms with van der Waals surface area (Å²) in [7, 11) is 0. The Morgan fingerprint density at radius 3 is 2.69 bits per heavy atom. The summed E-state index contributed by atoms with van der Waals surface area (Å²) in [5.41, 5.74) is 0.781. The minimum atomic E-state index is -1.31.